The van der Waals surface area contributed by atoms with Crippen LogP contribution in [0.3, 0.4) is 0 Å². The van der Waals surface area contributed by atoms with Crippen molar-refractivity contribution in [2.75, 3.05) is 6.61 Å². The fourth-order valence-corrected chi connectivity index (χ4v) is 2.89. The smallest absolute Gasteiger partial charge is 0.822 e. The predicted octanol–water partition coefficient (Wildman–Crippen LogP) is -13.5. The third-order valence-corrected chi connectivity index (χ3v) is 4.57. The number of aryl methyl sites for hydroxylation is 2. The zero-order chi connectivity index (χ0) is 24.4. The van der Waals surface area contributed by atoms with Crippen LogP contribution in [0.2, 0.25) is 0 Å². The van der Waals surface area contributed by atoms with Crippen molar-refractivity contribution in [2.45, 2.75) is 38.7 Å². The van der Waals surface area contributed by atoms with Crippen LogP contribution in [0.4, 0.5) is 0 Å². The van der Waals surface area contributed by atoms with Crippen molar-refractivity contribution >= 4 is 18.9 Å². The molecular weight excluding hydrogens is 520 g/mol. The van der Waals surface area contributed by atoms with Gasteiger partial charge in [0.25, 0.3) is 5.56 Å². The average Bonchev–Trinajstić information content (AvgIpc) is 2.67. The standard InChI is InChI=1S/C17H20N4O6.3Na.H3O4P/c1-7-3-9-10(4-8(7)2)21(5-11(23)14(25)12(24)6-22)15-13(18-9)16(26)20-17(27)19-15;;;;1-5(2,3)4/h3-4,11-12,14,22-25H,5-6H2,1-2H3,(H,20,26,27);;;;(H3,1,2,3,4)/q;3*+1;/p-3/t11-,12+,14-;;;;/m1..../s1. The van der Waals surface area contributed by atoms with Crippen LogP contribution in [-0.4, -0.2) is 64.9 Å². The maximum atomic E-state index is 12.2. The van der Waals surface area contributed by atoms with Crippen molar-refractivity contribution in [3.8, 4) is 11.5 Å². The van der Waals surface area contributed by atoms with Crippen LogP contribution < -0.4 is 115 Å². The number of phosphoric acid groups is 1. The zero-order valence-corrected chi connectivity index (χ0v) is 26.7. The predicted molar refractivity (Wildman–Crippen MR) is 103 cm³/mol. The van der Waals surface area contributed by atoms with E-state index in [1.807, 2.05) is 13.8 Å². The number of rotatable bonds is 5. The van der Waals surface area contributed by atoms with Crippen LogP contribution in [0.25, 0.3) is 22.6 Å². The Morgan fingerprint density at radius 1 is 1.00 bits per heavy atom. The Morgan fingerprint density at radius 3 is 2.03 bits per heavy atom. The van der Waals surface area contributed by atoms with E-state index in [1.54, 1.807) is 12.1 Å². The van der Waals surface area contributed by atoms with Crippen molar-refractivity contribution in [3.63, 3.8) is 0 Å². The second kappa shape index (κ2) is 15.8. The monoisotopic (exact) mass is 540 g/mol. The summed E-state index contributed by atoms with van der Waals surface area (Å²) in [5, 5.41) is 38.8. The largest absolute Gasteiger partial charge is 1.00 e. The molecule has 176 valence electrons. The Morgan fingerprint density at radius 2 is 1.51 bits per heavy atom. The summed E-state index contributed by atoms with van der Waals surface area (Å²) in [6.45, 7) is 2.73. The number of H-pyrrole nitrogens is 1. The van der Waals surface area contributed by atoms with Gasteiger partial charge >= 0.3 is 94.4 Å². The maximum absolute atomic E-state index is 12.2. The molecule has 0 amide bonds. The molecule has 1 aromatic rings. The number of benzene rings is 1. The molecule has 2 heterocycles. The molecule has 0 saturated carbocycles. The number of nitrogens with one attached hydrogen (secondary N) is 1. The first-order valence-corrected chi connectivity index (χ1v) is 10.5. The SMILES string of the molecule is Cc1cc2nc3c(=O)[nH]c(=O)nc-3n(C[C@@H](O)[C@@H](O)[C@@H](O)CO)c2cc1C.O=P([O-])([O-])[O-].[Na+].[Na+].[Na+]. The Kier molecular flexibility index (Phi) is 16.9. The van der Waals surface area contributed by atoms with Gasteiger partial charge in [-0.1, -0.05) is 0 Å². The fourth-order valence-electron chi connectivity index (χ4n) is 2.89. The van der Waals surface area contributed by atoms with E-state index >= 15 is 0 Å². The Bertz CT molecular complexity index is 1240. The van der Waals surface area contributed by atoms with Gasteiger partial charge in [-0.05, 0) is 37.1 Å². The maximum Gasteiger partial charge on any atom is 1.00 e. The Hall–Kier alpha value is 0.450. The van der Waals surface area contributed by atoms with Gasteiger partial charge < -0.3 is 44.2 Å². The molecule has 3 rings (SSSR count). The summed E-state index contributed by atoms with van der Waals surface area (Å²) in [5.41, 5.74) is 1.11. The topological polar surface area (TPSA) is 248 Å². The van der Waals surface area contributed by atoms with Gasteiger partial charge in [0.1, 0.15) is 18.3 Å². The molecule has 0 aromatic heterocycles. The third kappa shape index (κ3) is 10.6. The van der Waals surface area contributed by atoms with Crippen LogP contribution in [0.15, 0.2) is 21.7 Å². The van der Waals surface area contributed by atoms with Gasteiger partial charge in [0.05, 0.1) is 24.2 Å². The molecule has 0 unspecified atom stereocenters. The van der Waals surface area contributed by atoms with E-state index in [0.29, 0.717) is 11.0 Å². The third-order valence-electron chi connectivity index (χ3n) is 4.57. The molecule has 0 saturated heterocycles. The molecular formula is C17H20N4Na3O10P. The summed E-state index contributed by atoms with van der Waals surface area (Å²) < 4.78 is 9.95. The Labute approximate surface area is 264 Å². The van der Waals surface area contributed by atoms with E-state index in [2.05, 4.69) is 15.0 Å². The van der Waals surface area contributed by atoms with E-state index in [-0.39, 0.29) is 107 Å². The van der Waals surface area contributed by atoms with Crippen molar-refractivity contribution in [2.24, 2.45) is 0 Å². The number of aromatic amines is 1. The van der Waals surface area contributed by atoms with E-state index in [0.717, 1.165) is 11.1 Å². The van der Waals surface area contributed by atoms with Crippen LogP contribution in [0, 0.1) is 13.8 Å². The van der Waals surface area contributed by atoms with Gasteiger partial charge in [0.2, 0.25) is 0 Å². The molecule has 0 fully saturated rings. The normalized spacial score (nSPS) is 13.4. The Balaban J connectivity index is 0. The first kappa shape index (κ1) is 37.6. The molecule has 0 radical (unpaired) electrons. The average molecular weight is 540 g/mol. The van der Waals surface area contributed by atoms with Crippen LogP contribution >= 0.6 is 7.82 Å². The molecule has 5 N–H and O–H groups in total. The van der Waals surface area contributed by atoms with Gasteiger partial charge in [-0.15, -0.1) is 0 Å². The molecule has 18 heteroatoms. The first-order chi connectivity index (χ1) is 14.7. The summed E-state index contributed by atoms with van der Waals surface area (Å²) in [6, 6.07) is 3.53. The summed E-state index contributed by atoms with van der Waals surface area (Å²) in [4.78, 5) is 59.6. The van der Waals surface area contributed by atoms with Gasteiger partial charge in [-0.2, -0.15) is 12.8 Å². The second-order valence-corrected chi connectivity index (χ2v) is 7.84. The molecule has 0 aliphatic carbocycles. The minimum Gasteiger partial charge on any atom is -0.822 e. The molecule has 0 bridgehead atoms. The summed E-state index contributed by atoms with van der Waals surface area (Å²) in [6.07, 6.45) is -4.68. The molecule has 1 aromatic carbocycles. The number of hydrogen-bond donors (Lipinski definition) is 5. The second-order valence-electron chi connectivity index (χ2n) is 6.95. The fraction of sp³-hybridized carbons (Fsp3) is 0.412. The summed E-state index contributed by atoms with van der Waals surface area (Å²) in [5.74, 6) is -0.0516. The van der Waals surface area contributed by atoms with Crippen molar-refractivity contribution in [1.82, 2.24) is 19.5 Å². The quantitative estimate of drug-likeness (QED) is 0.115. The van der Waals surface area contributed by atoms with E-state index in [1.165, 1.54) is 4.57 Å². The number of nitrogens with zero attached hydrogens (tertiary/aromatic N) is 3. The van der Waals surface area contributed by atoms with Gasteiger partial charge in [0.15, 0.2) is 11.5 Å². The van der Waals surface area contributed by atoms with Crippen molar-refractivity contribution in [3.05, 3.63) is 44.1 Å². The molecule has 0 spiro atoms. The van der Waals surface area contributed by atoms with Crippen LogP contribution in [0.5, 0.6) is 0 Å². The number of aliphatic hydroxyl groups is 4. The molecule has 2 aliphatic rings. The number of aromatic nitrogens is 4. The number of fused-ring (bicyclic) bond motifs is 2. The molecule has 35 heavy (non-hydrogen) atoms. The minimum atomic E-state index is -5.39. The van der Waals surface area contributed by atoms with Gasteiger partial charge in [-0.3, -0.25) is 9.78 Å². The first-order valence-electron chi connectivity index (χ1n) is 9.03. The van der Waals surface area contributed by atoms with Crippen molar-refractivity contribution in [1.29, 1.82) is 0 Å². The van der Waals surface area contributed by atoms with Gasteiger partial charge in [0, 0.05) is 0 Å². The van der Waals surface area contributed by atoms with Crippen LogP contribution in [0.1, 0.15) is 11.1 Å². The van der Waals surface area contributed by atoms with E-state index in [9.17, 15) is 24.9 Å². The number of aliphatic hydroxyl groups excluding tert-OH is 4. The summed E-state index contributed by atoms with van der Waals surface area (Å²) in [7, 11) is -5.39. The molecule has 14 nitrogen and oxygen atoms in total. The van der Waals surface area contributed by atoms with E-state index < -0.39 is 44.0 Å². The zero-order valence-electron chi connectivity index (χ0n) is 19.8. The van der Waals surface area contributed by atoms with Gasteiger partial charge in [-0.25, -0.2) is 9.78 Å². The summed E-state index contributed by atoms with van der Waals surface area (Å²) >= 11 is 0. The van der Waals surface area contributed by atoms with E-state index in [4.69, 9.17) is 24.4 Å². The number of hydrogen-bond acceptors (Lipinski definition) is 12. The minimum absolute atomic E-state index is 0. The van der Waals surface area contributed by atoms with Crippen molar-refractivity contribution < 1.29 is 128 Å². The van der Waals surface area contributed by atoms with Crippen LogP contribution in [-0.2, 0) is 11.1 Å². The molecule has 2 aliphatic heterocycles. The molecule has 3 atom stereocenters.